The van der Waals surface area contributed by atoms with Crippen LogP contribution in [0.4, 0.5) is 0 Å². The SMILES string of the molecule is Cc1ccc(Cl)cc1-n1c(SCc2nc(C(=O)NC(C)C(C)C)cs2)nnc1-c1ccncc1. The van der Waals surface area contributed by atoms with Crippen molar-refractivity contribution < 1.29 is 4.79 Å². The molecular weight excluding hydrogens is 488 g/mol. The molecule has 1 amide bonds. The number of carbonyl (C=O) groups is 1. The number of carbonyl (C=O) groups excluding carboxylic acids is 1. The van der Waals surface area contributed by atoms with Gasteiger partial charge in [-0.2, -0.15) is 0 Å². The van der Waals surface area contributed by atoms with Crippen LogP contribution in [0.3, 0.4) is 0 Å². The highest BCUT2D eigenvalue weighted by Gasteiger charge is 2.20. The Morgan fingerprint density at radius 3 is 2.68 bits per heavy atom. The van der Waals surface area contributed by atoms with Gasteiger partial charge in [-0.3, -0.25) is 14.3 Å². The van der Waals surface area contributed by atoms with Gasteiger partial charge in [-0.15, -0.1) is 21.5 Å². The van der Waals surface area contributed by atoms with Crippen LogP contribution in [0.1, 0.15) is 41.8 Å². The van der Waals surface area contributed by atoms with Crippen molar-refractivity contribution in [2.24, 2.45) is 5.92 Å². The molecule has 3 aromatic heterocycles. The van der Waals surface area contributed by atoms with Gasteiger partial charge in [0.05, 0.1) is 11.4 Å². The molecule has 10 heteroatoms. The van der Waals surface area contributed by atoms with E-state index in [1.165, 1.54) is 23.1 Å². The predicted molar refractivity (Wildman–Crippen MR) is 138 cm³/mol. The summed E-state index contributed by atoms with van der Waals surface area (Å²) >= 11 is 9.31. The number of aryl methyl sites for hydroxylation is 1. The average molecular weight is 513 g/mol. The van der Waals surface area contributed by atoms with Crippen LogP contribution < -0.4 is 5.32 Å². The van der Waals surface area contributed by atoms with E-state index in [1.54, 1.807) is 17.8 Å². The van der Waals surface area contributed by atoms with Crippen LogP contribution in [-0.4, -0.2) is 36.7 Å². The smallest absolute Gasteiger partial charge is 0.270 e. The predicted octanol–water partition coefficient (Wildman–Crippen LogP) is 5.81. The minimum atomic E-state index is -0.147. The third-order valence-electron chi connectivity index (χ3n) is 5.45. The topological polar surface area (TPSA) is 85.6 Å². The van der Waals surface area contributed by atoms with E-state index in [1.807, 2.05) is 48.7 Å². The van der Waals surface area contributed by atoms with E-state index in [9.17, 15) is 4.79 Å². The van der Waals surface area contributed by atoms with Crippen LogP contribution in [0.5, 0.6) is 0 Å². The zero-order valence-electron chi connectivity index (χ0n) is 19.3. The summed E-state index contributed by atoms with van der Waals surface area (Å²) in [6.07, 6.45) is 3.46. The third kappa shape index (κ3) is 5.48. The molecule has 34 heavy (non-hydrogen) atoms. The van der Waals surface area contributed by atoms with Crippen LogP contribution in [-0.2, 0) is 5.75 Å². The Bertz CT molecular complexity index is 1290. The molecule has 0 aliphatic rings. The quantitative estimate of drug-likeness (QED) is 0.300. The van der Waals surface area contributed by atoms with Gasteiger partial charge in [-0.1, -0.05) is 43.3 Å². The van der Waals surface area contributed by atoms with Gasteiger partial charge < -0.3 is 5.32 Å². The van der Waals surface area contributed by atoms with Crippen molar-refractivity contribution in [3.8, 4) is 17.1 Å². The highest BCUT2D eigenvalue weighted by atomic mass is 35.5. The normalized spacial score (nSPS) is 12.2. The first-order valence-corrected chi connectivity index (χ1v) is 13.1. The fourth-order valence-corrected chi connectivity index (χ4v) is 5.05. The summed E-state index contributed by atoms with van der Waals surface area (Å²) in [6.45, 7) is 8.18. The summed E-state index contributed by atoms with van der Waals surface area (Å²) in [5.41, 5.74) is 3.31. The zero-order chi connectivity index (χ0) is 24.2. The molecule has 0 bridgehead atoms. The molecule has 1 N–H and O–H groups in total. The number of thiazole rings is 1. The standard InChI is InChI=1S/C24H25ClN6OS2/c1-14(2)16(4)27-23(32)19-12-33-21(28-19)13-34-24-30-29-22(17-7-9-26-10-8-17)31(24)20-11-18(25)6-5-15(20)3/h5-12,14,16H,13H2,1-4H3,(H,27,32). The third-order valence-corrected chi connectivity index (χ3v) is 7.66. The summed E-state index contributed by atoms with van der Waals surface area (Å²) in [5.74, 6) is 1.48. The van der Waals surface area contributed by atoms with Gasteiger partial charge in [0.2, 0.25) is 0 Å². The number of hydrogen-bond donors (Lipinski definition) is 1. The Labute approximate surface area is 212 Å². The summed E-state index contributed by atoms with van der Waals surface area (Å²) in [6, 6.07) is 9.64. The number of nitrogens with one attached hydrogen (secondary N) is 1. The second-order valence-electron chi connectivity index (χ2n) is 8.23. The molecule has 0 spiro atoms. The van der Waals surface area contributed by atoms with E-state index in [0.29, 0.717) is 33.4 Å². The molecule has 0 fully saturated rings. The summed E-state index contributed by atoms with van der Waals surface area (Å²) < 4.78 is 2.01. The molecule has 7 nitrogen and oxygen atoms in total. The fourth-order valence-electron chi connectivity index (χ4n) is 3.15. The fraction of sp³-hybridized carbons (Fsp3) is 0.292. The van der Waals surface area contributed by atoms with Gasteiger partial charge in [0.1, 0.15) is 10.7 Å². The lowest BCUT2D eigenvalue weighted by Crippen LogP contribution is -2.36. The number of thioether (sulfide) groups is 1. The van der Waals surface area contributed by atoms with Crippen molar-refractivity contribution in [2.45, 2.75) is 44.6 Å². The molecule has 4 rings (SSSR count). The number of rotatable bonds is 8. The van der Waals surface area contributed by atoms with Crippen LogP contribution in [0.25, 0.3) is 17.1 Å². The Hall–Kier alpha value is -2.75. The number of benzene rings is 1. The molecule has 0 aliphatic heterocycles. The molecular formula is C24H25ClN6OS2. The van der Waals surface area contributed by atoms with Crippen LogP contribution >= 0.6 is 34.7 Å². The van der Waals surface area contributed by atoms with Crippen LogP contribution in [0, 0.1) is 12.8 Å². The van der Waals surface area contributed by atoms with Gasteiger partial charge in [-0.25, -0.2) is 4.98 Å². The molecule has 3 heterocycles. The van der Waals surface area contributed by atoms with Gasteiger partial charge in [0, 0.05) is 34.4 Å². The molecule has 1 atom stereocenters. The first-order chi connectivity index (χ1) is 16.3. The molecule has 176 valence electrons. The molecule has 1 unspecified atom stereocenters. The number of pyridine rings is 1. The van der Waals surface area contributed by atoms with E-state index < -0.39 is 0 Å². The Kier molecular flexibility index (Phi) is 7.65. The molecule has 4 aromatic rings. The Balaban J connectivity index is 1.60. The Morgan fingerprint density at radius 2 is 1.94 bits per heavy atom. The highest BCUT2D eigenvalue weighted by molar-refractivity contribution is 7.98. The maximum absolute atomic E-state index is 12.5. The Morgan fingerprint density at radius 1 is 1.18 bits per heavy atom. The van der Waals surface area contributed by atoms with Crippen LogP contribution in [0.2, 0.25) is 5.02 Å². The lowest BCUT2D eigenvalue weighted by Gasteiger charge is -2.16. The van der Waals surface area contributed by atoms with Crippen molar-refractivity contribution in [1.82, 2.24) is 30.0 Å². The van der Waals surface area contributed by atoms with Crippen molar-refractivity contribution in [1.29, 1.82) is 0 Å². The molecule has 0 saturated carbocycles. The first kappa shape index (κ1) is 24.4. The largest absolute Gasteiger partial charge is 0.348 e. The van der Waals surface area contributed by atoms with Gasteiger partial charge in [0.15, 0.2) is 11.0 Å². The van der Waals surface area contributed by atoms with E-state index in [-0.39, 0.29) is 11.9 Å². The van der Waals surface area contributed by atoms with Crippen molar-refractivity contribution >= 4 is 40.6 Å². The number of aromatic nitrogens is 5. The van der Waals surface area contributed by atoms with E-state index in [0.717, 1.165) is 21.8 Å². The number of amides is 1. The molecule has 0 radical (unpaired) electrons. The number of nitrogens with zero attached hydrogens (tertiary/aromatic N) is 5. The van der Waals surface area contributed by atoms with Gasteiger partial charge in [-0.05, 0) is 49.6 Å². The second-order valence-corrected chi connectivity index (χ2v) is 10.6. The average Bonchev–Trinajstić information content (AvgIpc) is 3.47. The molecule has 1 aromatic carbocycles. The highest BCUT2D eigenvalue weighted by Crippen LogP contribution is 2.32. The summed E-state index contributed by atoms with van der Waals surface area (Å²) in [7, 11) is 0. The van der Waals surface area contributed by atoms with Crippen LogP contribution in [0.15, 0.2) is 53.3 Å². The van der Waals surface area contributed by atoms with Crippen molar-refractivity contribution in [3.05, 3.63) is 69.4 Å². The van der Waals surface area contributed by atoms with Gasteiger partial charge >= 0.3 is 0 Å². The number of halogens is 1. The van der Waals surface area contributed by atoms with E-state index in [2.05, 4.69) is 39.3 Å². The minimum absolute atomic E-state index is 0.0816. The first-order valence-electron chi connectivity index (χ1n) is 10.8. The van der Waals surface area contributed by atoms with E-state index in [4.69, 9.17) is 11.6 Å². The van der Waals surface area contributed by atoms with Crippen molar-refractivity contribution in [3.63, 3.8) is 0 Å². The maximum atomic E-state index is 12.5. The molecule has 0 saturated heterocycles. The summed E-state index contributed by atoms with van der Waals surface area (Å²) in [5, 5.41) is 15.9. The minimum Gasteiger partial charge on any atom is -0.348 e. The number of hydrogen-bond acceptors (Lipinski definition) is 7. The zero-order valence-corrected chi connectivity index (χ0v) is 21.7. The monoisotopic (exact) mass is 512 g/mol. The summed E-state index contributed by atoms with van der Waals surface area (Å²) in [4.78, 5) is 21.1. The lowest BCUT2D eigenvalue weighted by molar-refractivity contribution is 0.0926. The van der Waals surface area contributed by atoms with Crippen molar-refractivity contribution in [2.75, 3.05) is 0 Å². The van der Waals surface area contributed by atoms with E-state index >= 15 is 0 Å². The molecule has 0 aliphatic carbocycles. The van der Waals surface area contributed by atoms with Gasteiger partial charge in [0.25, 0.3) is 5.91 Å². The maximum Gasteiger partial charge on any atom is 0.270 e. The lowest BCUT2D eigenvalue weighted by atomic mass is 10.1. The second kappa shape index (κ2) is 10.7.